The fourth-order valence-electron chi connectivity index (χ4n) is 3.02. The van der Waals surface area contributed by atoms with Crippen LogP contribution >= 0.6 is 23.2 Å². The van der Waals surface area contributed by atoms with E-state index in [-0.39, 0.29) is 17.1 Å². The lowest BCUT2D eigenvalue weighted by Crippen LogP contribution is -2.52. The Bertz CT molecular complexity index is 616. The SMILES string of the molecule is CC(NC(=O)N1CCN(CC2CC2)CC1)c1cc(F)c(Cl)cc1Cl. The molecule has 1 unspecified atom stereocenters. The Morgan fingerprint density at radius 1 is 1.25 bits per heavy atom. The molecule has 4 nitrogen and oxygen atoms in total. The van der Waals surface area contributed by atoms with E-state index in [0.717, 1.165) is 25.6 Å². The second-order valence-electron chi connectivity index (χ2n) is 6.69. The maximum atomic E-state index is 13.6. The summed E-state index contributed by atoms with van der Waals surface area (Å²) >= 11 is 11.8. The molecule has 1 atom stereocenters. The summed E-state index contributed by atoms with van der Waals surface area (Å²) in [5.74, 6) is 0.332. The molecular weight excluding hydrogens is 352 g/mol. The van der Waals surface area contributed by atoms with Gasteiger partial charge in [-0.25, -0.2) is 9.18 Å². The van der Waals surface area contributed by atoms with Crippen LogP contribution in [0.15, 0.2) is 12.1 Å². The predicted molar refractivity (Wildman–Crippen MR) is 94.1 cm³/mol. The van der Waals surface area contributed by atoms with Crippen LogP contribution in [-0.4, -0.2) is 48.6 Å². The number of carbonyl (C=O) groups is 1. The highest BCUT2D eigenvalue weighted by atomic mass is 35.5. The standard InChI is InChI=1S/C17H22Cl2FN3O/c1-11(13-8-16(20)15(19)9-14(13)18)21-17(24)23-6-4-22(5-7-23)10-12-2-3-12/h8-9,11-12H,2-7,10H2,1H3,(H,21,24). The van der Waals surface area contributed by atoms with Gasteiger partial charge in [0, 0.05) is 37.7 Å². The van der Waals surface area contributed by atoms with E-state index in [1.165, 1.54) is 25.0 Å². The summed E-state index contributed by atoms with van der Waals surface area (Å²) in [7, 11) is 0. The van der Waals surface area contributed by atoms with Gasteiger partial charge in [-0.15, -0.1) is 0 Å². The molecule has 3 rings (SSSR count). The van der Waals surface area contributed by atoms with Gasteiger partial charge in [0.15, 0.2) is 0 Å². The smallest absolute Gasteiger partial charge is 0.317 e. The van der Waals surface area contributed by atoms with Crippen molar-refractivity contribution in [2.75, 3.05) is 32.7 Å². The third-order valence-electron chi connectivity index (χ3n) is 4.72. The van der Waals surface area contributed by atoms with Crippen molar-refractivity contribution in [3.63, 3.8) is 0 Å². The van der Waals surface area contributed by atoms with Crippen molar-refractivity contribution < 1.29 is 9.18 Å². The summed E-state index contributed by atoms with van der Waals surface area (Å²) in [5.41, 5.74) is 0.527. The van der Waals surface area contributed by atoms with Gasteiger partial charge in [-0.2, -0.15) is 0 Å². The molecule has 7 heteroatoms. The van der Waals surface area contributed by atoms with Crippen LogP contribution in [0.3, 0.4) is 0 Å². The zero-order valence-corrected chi connectivity index (χ0v) is 15.2. The lowest BCUT2D eigenvalue weighted by atomic mass is 10.1. The normalized spacial score (nSPS) is 20.1. The molecule has 0 bridgehead atoms. The molecule has 1 aromatic carbocycles. The maximum absolute atomic E-state index is 13.6. The summed E-state index contributed by atoms with van der Waals surface area (Å²) in [6.45, 7) is 6.20. The molecule has 1 saturated carbocycles. The molecule has 132 valence electrons. The Kier molecular flexibility index (Phi) is 5.52. The first-order valence-corrected chi connectivity index (χ1v) is 9.12. The Balaban J connectivity index is 1.53. The number of benzene rings is 1. The molecule has 0 aromatic heterocycles. The van der Waals surface area contributed by atoms with Crippen molar-refractivity contribution in [2.24, 2.45) is 5.92 Å². The lowest BCUT2D eigenvalue weighted by Gasteiger charge is -2.35. The minimum Gasteiger partial charge on any atom is -0.331 e. The van der Waals surface area contributed by atoms with Gasteiger partial charge in [0.05, 0.1) is 11.1 Å². The second-order valence-corrected chi connectivity index (χ2v) is 7.50. The Hall–Kier alpha value is -1.04. The molecular formula is C17H22Cl2FN3O. The van der Waals surface area contributed by atoms with Crippen LogP contribution in [0.1, 0.15) is 31.4 Å². The van der Waals surface area contributed by atoms with Gasteiger partial charge in [0.2, 0.25) is 0 Å². The quantitative estimate of drug-likeness (QED) is 0.811. The number of nitrogens with zero attached hydrogens (tertiary/aromatic N) is 2. The van der Waals surface area contributed by atoms with E-state index in [4.69, 9.17) is 23.2 Å². The summed E-state index contributed by atoms with van der Waals surface area (Å²) in [6, 6.07) is 2.12. The summed E-state index contributed by atoms with van der Waals surface area (Å²) < 4.78 is 13.6. The number of hydrogen-bond donors (Lipinski definition) is 1. The molecule has 1 saturated heterocycles. The van der Waals surface area contributed by atoms with Gasteiger partial charge in [0.25, 0.3) is 0 Å². The average molecular weight is 374 g/mol. The van der Waals surface area contributed by atoms with E-state index in [0.29, 0.717) is 23.7 Å². The van der Waals surface area contributed by atoms with Crippen LogP contribution in [0.2, 0.25) is 10.0 Å². The molecule has 1 aliphatic carbocycles. The molecule has 2 amide bonds. The average Bonchev–Trinajstić information content (AvgIpc) is 3.35. The minimum absolute atomic E-state index is 0.0194. The number of nitrogens with one attached hydrogen (secondary N) is 1. The number of amides is 2. The minimum atomic E-state index is -0.536. The first kappa shape index (κ1) is 17.8. The van der Waals surface area contributed by atoms with Gasteiger partial charge < -0.3 is 10.2 Å². The van der Waals surface area contributed by atoms with Gasteiger partial charge in [-0.05, 0) is 43.4 Å². The zero-order valence-electron chi connectivity index (χ0n) is 13.7. The Morgan fingerprint density at radius 2 is 1.92 bits per heavy atom. The number of carbonyl (C=O) groups excluding carboxylic acids is 1. The Morgan fingerprint density at radius 3 is 2.54 bits per heavy atom. The van der Waals surface area contributed by atoms with E-state index < -0.39 is 5.82 Å². The summed E-state index contributed by atoms with van der Waals surface area (Å²) in [5, 5.41) is 3.23. The molecule has 1 aliphatic heterocycles. The van der Waals surface area contributed by atoms with E-state index in [2.05, 4.69) is 10.2 Å². The number of halogens is 3. The first-order chi connectivity index (χ1) is 11.4. The highest BCUT2D eigenvalue weighted by Crippen LogP contribution is 2.30. The number of rotatable bonds is 4. The van der Waals surface area contributed by atoms with E-state index in [9.17, 15) is 9.18 Å². The van der Waals surface area contributed by atoms with E-state index in [1.54, 1.807) is 11.8 Å². The van der Waals surface area contributed by atoms with E-state index in [1.807, 2.05) is 0 Å². The first-order valence-electron chi connectivity index (χ1n) is 8.36. The fourth-order valence-corrected chi connectivity index (χ4v) is 3.57. The van der Waals surface area contributed by atoms with Crippen molar-refractivity contribution in [1.29, 1.82) is 0 Å². The second kappa shape index (κ2) is 7.46. The van der Waals surface area contributed by atoms with Crippen molar-refractivity contribution in [1.82, 2.24) is 15.1 Å². The maximum Gasteiger partial charge on any atom is 0.317 e. The van der Waals surface area contributed by atoms with Crippen LogP contribution < -0.4 is 5.32 Å². The molecule has 0 radical (unpaired) electrons. The van der Waals surface area contributed by atoms with Crippen LogP contribution in [0.4, 0.5) is 9.18 Å². The van der Waals surface area contributed by atoms with Crippen LogP contribution in [0.5, 0.6) is 0 Å². The van der Waals surface area contributed by atoms with Crippen molar-refractivity contribution in [3.05, 3.63) is 33.6 Å². The van der Waals surface area contributed by atoms with Crippen LogP contribution in [0, 0.1) is 11.7 Å². The molecule has 1 heterocycles. The number of hydrogen-bond acceptors (Lipinski definition) is 2. The van der Waals surface area contributed by atoms with Gasteiger partial charge >= 0.3 is 6.03 Å². The largest absolute Gasteiger partial charge is 0.331 e. The van der Waals surface area contributed by atoms with Crippen LogP contribution in [-0.2, 0) is 0 Å². The van der Waals surface area contributed by atoms with Gasteiger partial charge in [-0.1, -0.05) is 23.2 Å². The summed E-state index contributed by atoms with van der Waals surface area (Å²) in [4.78, 5) is 16.7. The molecule has 1 N–H and O–H groups in total. The lowest BCUT2D eigenvalue weighted by molar-refractivity contribution is 0.134. The zero-order chi connectivity index (χ0) is 17.3. The highest BCUT2D eigenvalue weighted by Gasteiger charge is 2.28. The molecule has 24 heavy (non-hydrogen) atoms. The van der Waals surface area contributed by atoms with Gasteiger partial charge in [0.1, 0.15) is 5.82 Å². The van der Waals surface area contributed by atoms with E-state index >= 15 is 0 Å². The molecule has 0 spiro atoms. The molecule has 2 fully saturated rings. The van der Waals surface area contributed by atoms with Crippen molar-refractivity contribution in [2.45, 2.75) is 25.8 Å². The highest BCUT2D eigenvalue weighted by molar-refractivity contribution is 6.35. The third-order valence-corrected chi connectivity index (χ3v) is 5.34. The fraction of sp³-hybridized carbons (Fsp3) is 0.588. The summed E-state index contributed by atoms with van der Waals surface area (Å²) in [6.07, 6.45) is 2.69. The van der Waals surface area contributed by atoms with Crippen molar-refractivity contribution >= 4 is 29.2 Å². The monoisotopic (exact) mass is 373 g/mol. The van der Waals surface area contributed by atoms with Gasteiger partial charge in [-0.3, -0.25) is 4.90 Å². The molecule has 1 aromatic rings. The predicted octanol–water partition coefficient (Wildman–Crippen LogP) is 3.93. The van der Waals surface area contributed by atoms with Crippen LogP contribution in [0.25, 0.3) is 0 Å². The molecule has 2 aliphatic rings. The Labute approximate surface area is 151 Å². The number of piperazine rings is 1. The number of urea groups is 1. The van der Waals surface area contributed by atoms with Crippen molar-refractivity contribution in [3.8, 4) is 0 Å². The topological polar surface area (TPSA) is 35.6 Å². The third kappa shape index (κ3) is 4.32.